The zero-order valence-corrected chi connectivity index (χ0v) is 14.1. The fraction of sp³-hybridized carbons (Fsp3) is 0.188. The van der Waals surface area contributed by atoms with Crippen LogP contribution in [0.4, 0.5) is 4.39 Å². The second-order valence-corrected chi connectivity index (χ2v) is 7.13. The number of rotatable bonds is 4. The van der Waals surface area contributed by atoms with E-state index in [1.54, 1.807) is 19.1 Å². The molecular weight excluding hydrogens is 354 g/mol. The number of carbonyl (C=O) groups is 1. The van der Waals surface area contributed by atoms with Gasteiger partial charge in [-0.3, -0.25) is 4.79 Å². The average Bonchev–Trinajstić information content (AvgIpc) is 2.95. The van der Waals surface area contributed by atoms with Crippen LogP contribution in [0.15, 0.2) is 48.5 Å². The molecule has 8 heteroatoms. The van der Waals surface area contributed by atoms with Crippen molar-refractivity contribution < 1.29 is 9.18 Å². The molecule has 1 unspecified atom stereocenters. The Morgan fingerprint density at radius 2 is 1.88 bits per heavy atom. The Bertz CT molecular complexity index is 874. The summed E-state index contributed by atoms with van der Waals surface area (Å²) in [5, 5.41) is 10.8. The summed E-state index contributed by atoms with van der Waals surface area (Å²) in [6, 6.07) is 12.4. The molecule has 3 rings (SSSR count). The highest BCUT2D eigenvalue weighted by molar-refractivity contribution is 6.48. The molecule has 24 heavy (non-hydrogen) atoms. The Hall–Kier alpha value is -2.18. The fourth-order valence-corrected chi connectivity index (χ4v) is 2.58. The Kier molecular flexibility index (Phi) is 4.43. The van der Waals surface area contributed by atoms with Crippen LogP contribution >= 0.6 is 23.2 Å². The second-order valence-electron chi connectivity index (χ2n) is 5.36. The number of hydrogen-bond donors (Lipinski definition) is 1. The third-order valence-electron chi connectivity index (χ3n) is 3.48. The van der Waals surface area contributed by atoms with E-state index in [0.29, 0.717) is 11.0 Å². The molecular formula is C16H13Cl2FN4O. The quantitative estimate of drug-likeness (QED) is 0.716. The predicted octanol–water partition coefficient (Wildman–Crippen LogP) is 3.69. The van der Waals surface area contributed by atoms with E-state index in [1.165, 1.54) is 28.9 Å². The molecule has 2 aromatic carbocycles. The molecule has 1 aromatic heterocycles. The maximum Gasteiger partial charge on any atom is 0.253 e. The highest BCUT2D eigenvalue weighted by Gasteiger charge is 2.35. The number of amides is 1. The second kappa shape index (κ2) is 6.37. The van der Waals surface area contributed by atoms with E-state index in [2.05, 4.69) is 15.6 Å². The SMILES string of the molecule is CC(Cl)(Cl)C(NC(=O)c1ccc(F)cc1)n1nnc2ccccc21. The number of aromatic nitrogens is 3. The third kappa shape index (κ3) is 3.34. The van der Waals surface area contributed by atoms with Crippen LogP contribution in [0.3, 0.4) is 0 Å². The van der Waals surface area contributed by atoms with E-state index in [0.717, 1.165) is 0 Å². The zero-order valence-electron chi connectivity index (χ0n) is 12.6. The standard InChI is InChI=1S/C16H13Cl2FN4O/c1-16(17,18)15(20-14(24)10-6-8-11(19)9-7-10)23-13-5-3-2-4-12(13)21-22-23/h2-9,15H,1H3,(H,20,24). The van der Waals surface area contributed by atoms with Crippen molar-refractivity contribution in [3.8, 4) is 0 Å². The molecule has 1 amide bonds. The number of nitrogens with zero attached hydrogens (tertiary/aromatic N) is 3. The summed E-state index contributed by atoms with van der Waals surface area (Å²) in [5.41, 5.74) is 1.61. The lowest BCUT2D eigenvalue weighted by Gasteiger charge is -2.27. The zero-order chi connectivity index (χ0) is 17.3. The van der Waals surface area contributed by atoms with Crippen molar-refractivity contribution in [2.45, 2.75) is 17.4 Å². The van der Waals surface area contributed by atoms with Gasteiger partial charge in [0.25, 0.3) is 5.91 Å². The van der Waals surface area contributed by atoms with Crippen LogP contribution in [0.5, 0.6) is 0 Å². The lowest BCUT2D eigenvalue weighted by Crippen LogP contribution is -2.42. The van der Waals surface area contributed by atoms with E-state index in [4.69, 9.17) is 23.2 Å². The van der Waals surface area contributed by atoms with Crippen molar-refractivity contribution in [3.63, 3.8) is 0 Å². The Morgan fingerprint density at radius 1 is 1.21 bits per heavy atom. The fourth-order valence-electron chi connectivity index (χ4n) is 2.29. The molecule has 1 atom stereocenters. The first kappa shape index (κ1) is 16.7. The van der Waals surface area contributed by atoms with Crippen LogP contribution in [0.2, 0.25) is 0 Å². The Balaban J connectivity index is 1.96. The number of alkyl halides is 2. The summed E-state index contributed by atoms with van der Waals surface area (Å²) in [6.07, 6.45) is -0.870. The van der Waals surface area contributed by atoms with Crippen LogP contribution in [0.25, 0.3) is 11.0 Å². The van der Waals surface area contributed by atoms with Gasteiger partial charge in [0.05, 0.1) is 5.52 Å². The van der Waals surface area contributed by atoms with E-state index in [-0.39, 0.29) is 5.56 Å². The molecule has 0 radical (unpaired) electrons. The van der Waals surface area contributed by atoms with Gasteiger partial charge in [0.1, 0.15) is 11.3 Å². The van der Waals surface area contributed by atoms with Gasteiger partial charge >= 0.3 is 0 Å². The molecule has 1 heterocycles. The molecule has 0 spiro atoms. The molecule has 3 aromatic rings. The van der Waals surface area contributed by atoms with Gasteiger partial charge in [-0.1, -0.05) is 40.5 Å². The van der Waals surface area contributed by atoms with Gasteiger partial charge in [-0.15, -0.1) is 5.10 Å². The number of nitrogens with one attached hydrogen (secondary N) is 1. The molecule has 0 bridgehead atoms. The number of carbonyl (C=O) groups excluding carboxylic acids is 1. The molecule has 0 aliphatic carbocycles. The summed E-state index contributed by atoms with van der Waals surface area (Å²) in [5.74, 6) is -0.878. The monoisotopic (exact) mass is 366 g/mol. The van der Waals surface area contributed by atoms with Gasteiger partial charge < -0.3 is 5.32 Å². The van der Waals surface area contributed by atoms with Crippen molar-refractivity contribution in [3.05, 3.63) is 59.9 Å². The molecule has 124 valence electrons. The van der Waals surface area contributed by atoms with Crippen LogP contribution < -0.4 is 5.32 Å². The molecule has 5 nitrogen and oxygen atoms in total. The first-order chi connectivity index (χ1) is 11.4. The third-order valence-corrected chi connectivity index (χ3v) is 3.89. The highest BCUT2D eigenvalue weighted by atomic mass is 35.5. The van der Waals surface area contributed by atoms with Gasteiger partial charge in [-0.2, -0.15) is 0 Å². The number of hydrogen-bond acceptors (Lipinski definition) is 3. The summed E-state index contributed by atoms with van der Waals surface area (Å²) in [7, 11) is 0. The maximum absolute atomic E-state index is 13.0. The normalized spacial score (nSPS) is 13.0. The van der Waals surface area contributed by atoms with Crippen molar-refractivity contribution in [2.75, 3.05) is 0 Å². The van der Waals surface area contributed by atoms with Crippen molar-refractivity contribution in [1.29, 1.82) is 0 Å². The van der Waals surface area contributed by atoms with E-state index >= 15 is 0 Å². The van der Waals surface area contributed by atoms with Gasteiger partial charge in [-0.05, 0) is 43.3 Å². The number of halogens is 3. The minimum Gasteiger partial charge on any atom is -0.328 e. The summed E-state index contributed by atoms with van der Waals surface area (Å²) in [4.78, 5) is 12.4. The predicted molar refractivity (Wildman–Crippen MR) is 90.5 cm³/mol. The van der Waals surface area contributed by atoms with Crippen molar-refractivity contribution in [2.24, 2.45) is 0 Å². The molecule has 0 aliphatic heterocycles. The number of fused-ring (bicyclic) bond motifs is 1. The molecule has 0 aliphatic rings. The minimum absolute atomic E-state index is 0.281. The number of para-hydroxylation sites is 1. The van der Waals surface area contributed by atoms with E-state index in [9.17, 15) is 9.18 Å². The first-order valence-electron chi connectivity index (χ1n) is 7.10. The summed E-state index contributed by atoms with van der Waals surface area (Å²) < 4.78 is 13.1. The van der Waals surface area contributed by atoms with Gasteiger partial charge in [0.15, 0.2) is 10.5 Å². The van der Waals surface area contributed by atoms with Crippen LogP contribution in [-0.4, -0.2) is 25.2 Å². The van der Waals surface area contributed by atoms with Gasteiger partial charge in [0, 0.05) is 5.56 Å². The van der Waals surface area contributed by atoms with Gasteiger partial charge in [-0.25, -0.2) is 9.07 Å². The number of benzene rings is 2. The maximum atomic E-state index is 13.0. The highest BCUT2D eigenvalue weighted by Crippen LogP contribution is 2.33. The molecule has 0 fully saturated rings. The molecule has 1 N–H and O–H groups in total. The lowest BCUT2D eigenvalue weighted by molar-refractivity contribution is 0.0911. The smallest absolute Gasteiger partial charge is 0.253 e. The summed E-state index contributed by atoms with van der Waals surface area (Å²) >= 11 is 12.5. The summed E-state index contributed by atoms with van der Waals surface area (Å²) in [6.45, 7) is 1.54. The Labute approximate surface area is 147 Å². The van der Waals surface area contributed by atoms with Crippen molar-refractivity contribution >= 4 is 40.1 Å². The molecule has 0 saturated heterocycles. The van der Waals surface area contributed by atoms with Gasteiger partial charge in [0.2, 0.25) is 0 Å². The van der Waals surface area contributed by atoms with Crippen LogP contribution in [-0.2, 0) is 0 Å². The van der Waals surface area contributed by atoms with E-state index in [1.807, 2.05) is 12.1 Å². The molecule has 0 saturated carbocycles. The lowest BCUT2D eigenvalue weighted by atomic mass is 10.2. The van der Waals surface area contributed by atoms with Crippen molar-refractivity contribution in [1.82, 2.24) is 20.3 Å². The van der Waals surface area contributed by atoms with Crippen LogP contribution in [0.1, 0.15) is 23.4 Å². The Morgan fingerprint density at radius 3 is 2.54 bits per heavy atom. The largest absolute Gasteiger partial charge is 0.328 e. The van der Waals surface area contributed by atoms with Crippen LogP contribution in [0, 0.1) is 5.82 Å². The first-order valence-corrected chi connectivity index (χ1v) is 7.86. The minimum atomic E-state index is -1.35. The topological polar surface area (TPSA) is 59.8 Å². The average molecular weight is 367 g/mol. The van der Waals surface area contributed by atoms with E-state index < -0.39 is 22.2 Å².